The SMILES string of the molecule is [2H]C(O)(NCCC)[C@@H]1O[C@H](COCc2ccccc2)[C@](O)(Cc2ccccc2)[C@@]1(O)Cc1ccccc1. The topological polar surface area (TPSA) is 91.2 Å². The van der Waals surface area contributed by atoms with E-state index in [-0.39, 0.29) is 19.4 Å². The van der Waals surface area contributed by atoms with Crippen LogP contribution in [0.15, 0.2) is 91.0 Å². The number of benzene rings is 3. The van der Waals surface area contributed by atoms with Crippen LogP contribution in [0.2, 0.25) is 0 Å². The van der Waals surface area contributed by atoms with Crippen LogP contribution in [0.25, 0.3) is 0 Å². The molecule has 1 saturated heterocycles. The summed E-state index contributed by atoms with van der Waals surface area (Å²) in [6.07, 6.45) is -4.11. The zero-order valence-corrected chi connectivity index (χ0v) is 20.7. The third-order valence-electron chi connectivity index (χ3n) is 6.83. The molecule has 0 spiro atoms. The van der Waals surface area contributed by atoms with Gasteiger partial charge in [0.1, 0.15) is 29.6 Å². The van der Waals surface area contributed by atoms with Gasteiger partial charge in [0.2, 0.25) is 0 Å². The van der Waals surface area contributed by atoms with Crippen LogP contribution in [0.5, 0.6) is 0 Å². The fourth-order valence-corrected chi connectivity index (χ4v) is 4.89. The zero-order valence-electron chi connectivity index (χ0n) is 21.7. The molecule has 192 valence electrons. The van der Waals surface area contributed by atoms with Crippen LogP contribution in [0, 0.1) is 0 Å². The Morgan fingerprint density at radius 3 is 1.89 bits per heavy atom. The van der Waals surface area contributed by atoms with E-state index < -0.39 is 29.6 Å². The molecule has 0 radical (unpaired) electrons. The lowest BCUT2D eigenvalue weighted by Gasteiger charge is -2.42. The molecule has 3 aromatic carbocycles. The maximum atomic E-state index is 12.4. The Morgan fingerprint density at radius 2 is 1.36 bits per heavy atom. The molecule has 0 aromatic heterocycles. The highest BCUT2D eigenvalue weighted by Crippen LogP contribution is 2.45. The van der Waals surface area contributed by atoms with E-state index in [1.807, 2.05) is 97.9 Å². The molecule has 36 heavy (non-hydrogen) atoms. The van der Waals surface area contributed by atoms with Crippen molar-refractivity contribution in [1.29, 1.82) is 0 Å². The van der Waals surface area contributed by atoms with Crippen molar-refractivity contribution >= 4 is 0 Å². The van der Waals surface area contributed by atoms with Crippen molar-refractivity contribution < 1.29 is 26.2 Å². The molecule has 1 fully saturated rings. The second-order valence-corrected chi connectivity index (χ2v) is 9.49. The number of nitrogens with one attached hydrogen (secondary N) is 1. The lowest BCUT2D eigenvalue weighted by atomic mass is 9.71. The first-order valence-electron chi connectivity index (χ1n) is 13.1. The first kappa shape index (κ1) is 25.1. The van der Waals surface area contributed by atoms with Crippen LogP contribution >= 0.6 is 0 Å². The summed E-state index contributed by atoms with van der Waals surface area (Å²) in [5.74, 6) is 0. The van der Waals surface area contributed by atoms with Crippen LogP contribution in [0.1, 0.15) is 31.4 Å². The third kappa shape index (κ3) is 5.86. The van der Waals surface area contributed by atoms with Crippen molar-refractivity contribution in [2.24, 2.45) is 0 Å². The number of hydrogen-bond donors (Lipinski definition) is 4. The number of rotatable bonds is 12. The van der Waals surface area contributed by atoms with E-state index in [0.29, 0.717) is 19.6 Å². The van der Waals surface area contributed by atoms with Crippen LogP contribution in [-0.2, 0) is 28.9 Å². The second-order valence-electron chi connectivity index (χ2n) is 9.49. The number of hydrogen-bond acceptors (Lipinski definition) is 6. The standard InChI is InChI=1S/C30H37NO5/c1-2-18-31-28(32)27-30(34,20-24-14-8-4-9-15-24)29(33,19-23-12-6-3-7-13-23)26(36-27)22-35-21-25-16-10-5-11-17-25/h3-17,26-28,31-34H,2,18-22H2,1H3/t26-,27+,28?,29-,30-/m1/s1/i28D. The maximum Gasteiger partial charge on any atom is 0.134 e. The van der Waals surface area contributed by atoms with Gasteiger partial charge in [-0.3, -0.25) is 5.32 Å². The molecule has 0 aliphatic carbocycles. The van der Waals surface area contributed by atoms with Crippen LogP contribution in [-0.4, -0.2) is 58.1 Å². The molecule has 4 rings (SSSR count). The van der Waals surface area contributed by atoms with Gasteiger partial charge < -0.3 is 24.8 Å². The highest BCUT2D eigenvalue weighted by molar-refractivity contribution is 5.28. The van der Waals surface area contributed by atoms with E-state index in [4.69, 9.17) is 10.8 Å². The Kier molecular flexibility index (Phi) is 8.43. The smallest absolute Gasteiger partial charge is 0.134 e. The van der Waals surface area contributed by atoms with Crippen LogP contribution in [0.3, 0.4) is 0 Å². The molecule has 0 saturated carbocycles. The van der Waals surface area contributed by atoms with Gasteiger partial charge in [-0.05, 0) is 29.7 Å². The Morgan fingerprint density at radius 1 is 0.861 bits per heavy atom. The third-order valence-corrected chi connectivity index (χ3v) is 6.83. The monoisotopic (exact) mass is 492 g/mol. The first-order chi connectivity index (χ1) is 17.8. The minimum atomic E-state index is -2.35. The van der Waals surface area contributed by atoms with Crippen molar-refractivity contribution in [3.63, 3.8) is 0 Å². The summed E-state index contributed by atoms with van der Waals surface area (Å²) in [4.78, 5) is 0. The second kappa shape index (κ2) is 12.1. The summed E-state index contributed by atoms with van der Waals surface area (Å²) < 4.78 is 20.9. The first-order valence-corrected chi connectivity index (χ1v) is 12.6. The van der Waals surface area contributed by atoms with E-state index >= 15 is 0 Å². The van der Waals surface area contributed by atoms with Gasteiger partial charge in [-0.2, -0.15) is 0 Å². The van der Waals surface area contributed by atoms with Gasteiger partial charge in [-0.25, -0.2) is 0 Å². The van der Waals surface area contributed by atoms with Crippen LogP contribution < -0.4 is 5.32 Å². The highest BCUT2D eigenvalue weighted by Gasteiger charge is 2.66. The predicted molar refractivity (Wildman–Crippen MR) is 139 cm³/mol. The van der Waals surface area contributed by atoms with Crippen LogP contribution in [0.4, 0.5) is 0 Å². The Hall–Kier alpha value is -2.58. The van der Waals surface area contributed by atoms with Gasteiger partial charge in [0.15, 0.2) is 0 Å². The quantitative estimate of drug-likeness (QED) is 0.290. The lowest BCUT2D eigenvalue weighted by Crippen LogP contribution is -2.65. The molecule has 4 N–H and O–H groups in total. The van der Waals surface area contributed by atoms with E-state index in [1.165, 1.54) is 0 Å². The summed E-state index contributed by atoms with van der Waals surface area (Å²) in [5, 5.41) is 38.7. The van der Waals surface area contributed by atoms with E-state index in [9.17, 15) is 15.3 Å². The minimum absolute atomic E-state index is 0.0218. The van der Waals surface area contributed by atoms with E-state index in [2.05, 4.69) is 5.32 Å². The number of ether oxygens (including phenoxy) is 2. The zero-order chi connectivity index (χ0) is 26.4. The predicted octanol–water partition coefficient (Wildman–Crippen LogP) is 3.24. The molecule has 6 nitrogen and oxygen atoms in total. The maximum absolute atomic E-state index is 12.4. The molecule has 1 aliphatic rings. The Labute approximate surface area is 214 Å². The molecule has 0 amide bonds. The largest absolute Gasteiger partial charge is 0.384 e. The molecule has 6 heteroatoms. The molecule has 5 atom stereocenters. The molecule has 1 aliphatic heterocycles. The minimum Gasteiger partial charge on any atom is -0.384 e. The van der Waals surface area contributed by atoms with Crippen molar-refractivity contribution in [2.45, 2.75) is 62.4 Å². The van der Waals surface area contributed by atoms with Gasteiger partial charge in [0.05, 0.1) is 14.6 Å². The van der Waals surface area contributed by atoms with E-state index in [0.717, 1.165) is 16.7 Å². The highest BCUT2D eigenvalue weighted by atomic mass is 16.6. The van der Waals surface area contributed by atoms with Crippen molar-refractivity contribution in [1.82, 2.24) is 5.32 Å². The number of aliphatic hydroxyl groups is 3. The summed E-state index contributed by atoms with van der Waals surface area (Å²) in [6.45, 7) is 2.52. The average Bonchev–Trinajstić information content (AvgIpc) is 3.11. The molecule has 1 heterocycles. The summed E-state index contributed by atoms with van der Waals surface area (Å²) in [5.41, 5.74) is -1.37. The summed E-state index contributed by atoms with van der Waals surface area (Å²) in [7, 11) is 0. The molecular weight excluding hydrogens is 454 g/mol. The van der Waals surface area contributed by atoms with Gasteiger partial charge >= 0.3 is 0 Å². The molecule has 1 unspecified atom stereocenters. The molecule has 3 aromatic rings. The van der Waals surface area contributed by atoms with Gasteiger partial charge in [0, 0.05) is 12.8 Å². The van der Waals surface area contributed by atoms with E-state index in [1.54, 1.807) is 0 Å². The summed E-state index contributed by atoms with van der Waals surface area (Å²) in [6, 6.07) is 28.3. The molecular formula is C30H37NO5. The Balaban J connectivity index is 1.71. The van der Waals surface area contributed by atoms with Gasteiger partial charge in [-0.1, -0.05) is 97.9 Å². The molecule has 0 bridgehead atoms. The fourth-order valence-electron chi connectivity index (χ4n) is 4.89. The lowest BCUT2D eigenvalue weighted by molar-refractivity contribution is -0.161. The normalized spacial score (nSPS) is 27.9. The average molecular weight is 493 g/mol. The van der Waals surface area contributed by atoms with Crippen molar-refractivity contribution in [3.8, 4) is 0 Å². The van der Waals surface area contributed by atoms with Crippen molar-refractivity contribution in [3.05, 3.63) is 108 Å². The Bertz CT molecular complexity index is 1100. The van der Waals surface area contributed by atoms with Gasteiger partial charge in [0.25, 0.3) is 0 Å². The van der Waals surface area contributed by atoms with Crippen molar-refractivity contribution in [2.75, 3.05) is 13.2 Å². The van der Waals surface area contributed by atoms with Gasteiger partial charge in [-0.15, -0.1) is 0 Å². The summed E-state index contributed by atoms with van der Waals surface area (Å²) >= 11 is 0. The fraction of sp³-hybridized carbons (Fsp3) is 0.400.